The van der Waals surface area contributed by atoms with Crippen LogP contribution in [0.2, 0.25) is 5.02 Å². The lowest BCUT2D eigenvalue weighted by atomic mass is 10.3. The van der Waals surface area contributed by atoms with Crippen LogP contribution in [0.3, 0.4) is 0 Å². The Labute approximate surface area is 121 Å². The van der Waals surface area contributed by atoms with Gasteiger partial charge in [-0.3, -0.25) is 10.2 Å². The Morgan fingerprint density at radius 2 is 2.00 bits per heavy atom. The van der Waals surface area contributed by atoms with Crippen molar-refractivity contribution in [2.45, 2.75) is 6.92 Å². The average Bonchev–Trinajstić information content (AvgIpc) is 2.36. The summed E-state index contributed by atoms with van der Waals surface area (Å²) in [5.41, 5.74) is 3.97. The molecule has 0 fully saturated rings. The van der Waals surface area contributed by atoms with Crippen molar-refractivity contribution in [3.63, 3.8) is 0 Å². The third-order valence-electron chi connectivity index (χ3n) is 2.42. The maximum Gasteiger partial charge on any atom is 0.272 e. The number of para-hydroxylation sites is 1. The van der Waals surface area contributed by atoms with Crippen molar-refractivity contribution < 1.29 is 0 Å². The Hall–Kier alpha value is -1.85. The number of aryl methyl sites for hydroxylation is 1. The lowest BCUT2D eigenvalue weighted by Crippen LogP contribution is -2.35. The van der Waals surface area contributed by atoms with E-state index in [9.17, 15) is 4.79 Å². The molecular weight excluding hydrogens is 282 g/mol. The van der Waals surface area contributed by atoms with Crippen LogP contribution in [-0.4, -0.2) is 9.79 Å². The van der Waals surface area contributed by atoms with Crippen molar-refractivity contribution in [2.24, 2.45) is 0 Å². The highest BCUT2D eigenvalue weighted by Gasteiger charge is 2.04. The van der Waals surface area contributed by atoms with Gasteiger partial charge in [0.1, 0.15) is 0 Å². The Kier molecular flexibility index (Phi) is 4.19. The molecule has 0 saturated heterocycles. The molecule has 0 aliphatic heterocycles. The second-order valence-corrected chi connectivity index (χ2v) is 4.79. The van der Waals surface area contributed by atoms with Crippen molar-refractivity contribution in [3.8, 4) is 0 Å². The molecule has 0 atom stereocenters. The molecule has 0 radical (unpaired) electrons. The number of hydrogen-bond donors (Lipinski definition) is 2. The van der Waals surface area contributed by atoms with Crippen LogP contribution >= 0.6 is 23.8 Å². The normalized spacial score (nSPS) is 10.0. The Morgan fingerprint density at radius 1 is 1.32 bits per heavy atom. The predicted octanol–water partition coefficient (Wildman–Crippen LogP) is 2.75. The van der Waals surface area contributed by atoms with Gasteiger partial charge in [0.25, 0.3) is 5.56 Å². The smallest absolute Gasteiger partial charge is 0.272 e. The molecule has 6 heteroatoms. The summed E-state index contributed by atoms with van der Waals surface area (Å²) in [6, 6.07) is 11.0. The zero-order valence-electron chi connectivity index (χ0n) is 10.2. The van der Waals surface area contributed by atoms with Crippen LogP contribution in [0.1, 0.15) is 5.56 Å². The molecule has 1 aromatic heterocycles. The summed E-state index contributed by atoms with van der Waals surface area (Å²) in [5.74, 6) is 0. The first kappa shape index (κ1) is 13.6. The van der Waals surface area contributed by atoms with E-state index in [0.717, 1.165) is 5.69 Å². The molecule has 2 rings (SSSR count). The third-order valence-corrected chi connectivity index (χ3v) is 2.82. The molecule has 0 aliphatic carbocycles. The van der Waals surface area contributed by atoms with Crippen molar-refractivity contribution in [3.05, 3.63) is 63.5 Å². The molecule has 1 heterocycles. The van der Waals surface area contributed by atoms with E-state index in [4.69, 9.17) is 23.8 Å². The fourth-order valence-electron chi connectivity index (χ4n) is 1.55. The van der Waals surface area contributed by atoms with Gasteiger partial charge in [-0.15, -0.1) is 0 Å². The minimum absolute atomic E-state index is 0.193. The first-order valence-electron chi connectivity index (χ1n) is 5.58. The number of halogens is 1. The summed E-state index contributed by atoms with van der Waals surface area (Å²) in [6.45, 7) is 1.69. The summed E-state index contributed by atoms with van der Waals surface area (Å²) in [5, 5.41) is 3.75. The van der Waals surface area contributed by atoms with Gasteiger partial charge in [-0.2, -0.15) is 0 Å². The molecule has 1 aromatic carbocycles. The van der Waals surface area contributed by atoms with E-state index in [-0.39, 0.29) is 5.56 Å². The van der Waals surface area contributed by atoms with Crippen LogP contribution < -0.4 is 16.3 Å². The van der Waals surface area contributed by atoms with Gasteiger partial charge in [0.05, 0.1) is 5.02 Å². The summed E-state index contributed by atoms with van der Waals surface area (Å²) < 4.78 is 1.26. The second-order valence-electron chi connectivity index (χ2n) is 3.95. The molecule has 2 aromatic rings. The summed E-state index contributed by atoms with van der Waals surface area (Å²) >= 11 is 11.0. The zero-order valence-corrected chi connectivity index (χ0v) is 11.8. The number of anilines is 1. The van der Waals surface area contributed by atoms with Crippen LogP contribution in [0, 0.1) is 6.92 Å². The van der Waals surface area contributed by atoms with E-state index in [2.05, 4.69) is 10.7 Å². The first-order chi connectivity index (χ1) is 9.06. The summed E-state index contributed by atoms with van der Waals surface area (Å²) in [6.07, 6.45) is 1.48. The van der Waals surface area contributed by atoms with E-state index in [1.807, 2.05) is 30.3 Å². The highest BCUT2D eigenvalue weighted by atomic mass is 35.5. The molecular formula is C13H12ClN3OS. The second kappa shape index (κ2) is 5.86. The van der Waals surface area contributed by atoms with Crippen molar-refractivity contribution in [1.29, 1.82) is 0 Å². The number of hydrogen-bond acceptors (Lipinski definition) is 2. The van der Waals surface area contributed by atoms with Crippen LogP contribution in [-0.2, 0) is 0 Å². The third kappa shape index (κ3) is 3.56. The monoisotopic (exact) mass is 293 g/mol. The molecule has 19 heavy (non-hydrogen) atoms. The van der Waals surface area contributed by atoms with Gasteiger partial charge in [0.15, 0.2) is 5.11 Å². The van der Waals surface area contributed by atoms with Crippen molar-refractivity contribution in [1.82, 2.24) is 4.68 Å². The molecule has 0 spiro atoms. The maximum absolute atomic E-state index is 11.9. The number of benzene rings is 1. The number of thiocarbonyl (C=S) groups is 1. The first-order valence-corrected chi connectivity index (χ1v) is 6.37. The molecule has 0 amide bonds. The van der Waals surface area contributed by atoms with Gasteiger partial charge in [0, 0.05) is 17.4 Å². The summed E-state index contributed by atoms with van der Waals surface area (Å²) in [7, 11) is 0. The van der Waals surface area contributed by atoms with E-state index in [1.165, 1.54) is 10.9 Å². The van der Waals surface area contributed by atoms with E-state index in [0.29, 0.717) is 15.7 Å². The van der Waals surface area contributed by atoms with Gasteiger partial charge in [-0.1, -0.05) is 29.8 Å². The molecule has 2 N–H and O–H groups in total. The molecule has 0 bridgehead atoms. The standard InChI is InChI=1S/C13H12ClN3OS/c1-9-7-10(14)8-17(12(9)18)16-13(19)15-11-5-3-2-4-6-11/h2-8H,1H3,(H2,15,16,19). The zero-order chi connectivity index (χ0) is 13.8. The van der Waals surface area contributed by atoms with E-state index >= 15 is 0 Å². The largest absolute Gasteiger partial charge is 0.331 e. The van der Waals surface area contributed by atoms with Crippen molar-refractivity contribution in [2.75, 3.05) is 10.7 Å². The number of nitrogens with one attached hydrogen (secondary N) is 2. The minimum atomic E-state index is -0.193. The van der Waals surface area contributed by atoms with Crippen LogP contribution in [0.25, 0.3) is 0 Å². The number of pyridine rings is 1. The summed E-state index contributed by atoms with van der Waals surface area (Å²) in [4.78, 5) is 11.9. The lowest BCUT2D eigenvalue weighted by molar-refractivity contribution is 0.903. The fourth-order valence-corrected chi connectivity index (χ4v) is 2.03. The Bertz CT molecular complexity index is 655. The number of rotatable bonds is 2. The number of nitrogens with zero attached hydrogens (tertiary/aromatic N) is 1. The Morgan fingerprint density at radius 3 is 2.68 bits per heavy atom. The van der Waals surface area contributed by atoms with Gasteiger partial charge >= 0.3 is 0 Å². The highest BCUT2D eigenvalue weighted by Crippen LogP contribution is 2.07. The van der Waals surface area contributed by atoms with Gasteiger partial charge in [-0.05, 0) is 37.3 Å². The lowest BCUT2D eigenvalue weighted by Gasteiger charge is -2.13. The SMILES string of the molecule is Cc1cc(Cl)cn(NC(=S)Nc2ccccc2)c1=O. The van der Waals surface area contributed by atoms with E-state index in [1.54, 1.807) is 13.0 Å². The molecule has 98 valence electrons. The molecule has 0 unspecified atom stereocenters. The van der Waals surface area contributed by atoms with Gasteiger partial charge in [-0.25, -0.2) is 4.68 Å². The van der Waals surface area contributed by atoms with Crippen LogP contribution in [0.15, 0.2) is 47.4 Å². The van der Waals surface area contributed by atoms with Gasteiger partial charge in [0.2, 0.25) is 0 Å². The fraction of sp³-hybridized carbons (Fsp3) is 0.0769. The minimum Gasteiger partial charge on any atom is -0.331 e. The number of aromatic nitrogens is 1. The quantitative estimate of drug-likeness (QED) is 0.836. The molecule has 0 saturated carbocycles. The average molecular weight is 294 g/mol. The highest BCUT2D eigenvalue weighted by molar-refractivity contribution is 7.80. The van der Waals surface area contributed by atoms with Crippen LogP contribution in [0.5, 0.6) is 0 Å². The van der Waals surface area contributed by atoms with Gasteiger partial charge < -0.3 is 5.32 Å². The van der Waals surface area contributed by atoms with Crippen molar-refractivity contribution >= 4 is 34.6 Å². The molecule has 0 aliphatic rings. The van der Waals surface area contributed by atoms with E-state index < -0.39 is 0 Å². The predicted molar refractivity (Wildman–Crippen MR) is 82.5 cm³/mol. The Balaban J connectivity index is 2.14. The van der Waals surface area contributed by atoms with Crippen LogP contribution in [0.4, 0.5) is 5.69 Å². The maximum atomic E-state index is 11.9. The molecule has 4 nitrogen and oxygen atoms in total. The topological polar surface area (TPSA) is 46.1 Å².